The number of halogens is 1. The summed E-state index contributed by atoms with van der Waals surface area (Å²) in [5.74, 6) is 0.528. The third-order valence-corrected chi connectivity index (χ3v) is 3.49. The quantitative estimate of drug-likeness (QED) is 0.487. The SMILES string of the molecule is CC(O)C(O)Nc1nc2nonc2nc1Nc1ccc(Br)cc1. The fraction of sp³-hybridized carbons (Fsp3) is 0.231. The highest BCUT2D eigenvalue weighted by Crippen LogP contribution is 2.25. The molecule has 0 amide bonds. The van der Waals surface area contributed by atoms with Gasteiger partial charge in [0.2, 0.25) is 11.3 Å². The maximum Gasteiger partial charge on any atom is 0.245 e. The minimum Gasteiger partial charge on any atom is -0.389 e. The molecule has 9 nitrogen and oxygen atoms in total. The van der Waals surface area contributed by atoms with Gasteiger partial charge in [-0.1, -0.05) is 15.9 Å². The van der Waals surface area contributed by atoms with E-state index in [2.05, 4.69) is 51.5 Å². The molecule has 2 heterocycles. The molecular formula is C13H13BrN6O3. The zero-order valence-electron chi connectivity index (χ0n) is 11.9. The van der Waals surface area contributed by atoms with Crippen molar-refractivity contribution >= 4 is 44.5 Å². The maximum atomic E-state index is 9.81. The van der Waals surface area contributed by atoms with Crippen LogP contribution in [-0.4, -0.2) is 42.8 Å². The van der Waals surface area contributed by atoms with Gasteiger partial charge in [-0.3, -0.25) is 0 Å². The molecule has 0 fully saturated rings. The first-order valence-electron chi connectivity index (χ1n) is 6.68. The molecule has 0 spiro atoms. The molecule has 0 radical (unpaired) electrons. The van der Waals surface area contributed by atoms with Gasteiger partial charge in [0, 0.05) is 10.2 Å². The van der Waals surface area contributed by atoms with E-state index in [0.717, 1.165) is 10.2 Å². The minimum atomic E-state index is -1.22. The number of benzene rings is 1. The second-order valence-electron chi connectivity index (χ2n) is 4.79. The molecule has 1 aromatic carbocycles. The number of nitrogens with one attached hydrogen (secondary N) is 2. The molecule has 2 aromatic heterocycles. The van der Waals surface area contributed by atoms with Crippen LogP contribution >= 0.6 is 15.9 Å². The predicted molar refractivity (Wildman–Crippen MR) is 86.1 cm³/mol. The lowest BCUT2D eigenvalue weighted by Gasteiger charge is -2.18. The van der Waals surface area contributed by atoms with Gasteiger partial charge in [-0.05, 0) is 41.5 Å². The third-order valence-electron chi connectivity index (χ3n) is 2.96. The second-order valence-corrected chi connectivity index (χ2v) is 5.71. The van der Waals surface area contributed by atoms with Crippen molar-refractivity contribution in [2.75, 3.05) is 10.6 Å². The van der Waals surface area contributed by atoms with Crippen molar-refractivity contribution in [1.82, 2.24) is 20.3 Å². The highest BCUT2D eigenvalue weighted by atomic mass is 79.9. The lowest BCUT2D eigenvalue weighted by molar-refractivity contribution is 0.0495. The van der Waals surface area contributed by atoms with Gasteiger partial charge in [-0.2, -0.15) is 0 Å². The molecule has 0 saturated heterocycles. The third kappa shape index (κ3) is 3.55. The van der Waals surface area contributed by atoms with E-state index < -0.39 is 12.3 Å². The summed E-state index contributed by atoms with van der Waals surface area (Å²) in [6.07, 6.45) is -2.21. The summed E-state index contributed by atoms with van der Waals surface area (Å²) in [5.41, 5.74) is 1.17. The van der Waals surface area contributed by atoms with Crippen LogP contribution in [0, 0.1) is 0 Å². The lowest BCUT2D eigenvalue weighted by Crippen LogP contribution is -2.31. The Bertz CT molecular complexity index is 807. The smallest absolute Gasteiger partial charge is 0.245 e. The van der Waals surface area contributed by atoms with Crippen molar-refractivity contribution in [3.05, 3.63) is 28.7 Å². The number of nitrogens with zero attached hydrogens (tertiary/aromatic N) is 4. The van der Waals surface area contributed by atoms with Gasteiger partial charge in [0.1, 0.15) is 0 Å². The van der Waals surface area contributed by atoms with Crippen LogP contribution in [-0.2, 0) is 0 Å². The molecule has 4 N–H and O–H groups in total. The summed E-state index contributed by atoms with van der Waals surface area (Å²) < 4.78 is 5.53. The number of rotatable bonds is 5. The summed E-state index contributed by atoms with van der Waals surface area (Å²) in [6.45, 7) is 1.45. The largest absolute Gasteiger partial charge is 0.389 e. The van der Waals surface area contributed by atoms with Crippen LogP contribution in [0.3, 0.4) is 0 Å². The average molecular weight is 381 g/mol. The van der Waals surface area contributed by atoms with Gasteiger partial charge in [0.15, 0.2) is 17.9 Å². The van der Waals surface area contributed by atoms with Crippen LogP contribution in [0.5, 0.6) is 0 Å². The predicted octanol–water partition coefficient (Wildman–Crippen LogP) is 1.63. The standard InChI is InChI=1S/C13H13BrN6O3/c1-6(21)13(22)18-10-9(15-8-4-2-7(14)3-5-8)16-11-12(17-10)20-23-19-11/h2-6,13,21-22H,1H3,(H,15,16,19)(H,17,18,20). The zero-order valence-corrected chi connectivity index (χ0v) is 13.5. The van der Waals surface area contributed by atoms with Gasteiger partial charge in [0.05, 0.1) is 6.10 Å². The number of hydrogen-bond donors (Lipinski definition) is 4. The van der Waals surface area contributed by atoms with Crippen molar-refractivity contribution in [2.24, 2.45) is 0 Å². The number of aromatic nitrogens is 4. The van der Waals surface area contributed by atoms with Crippen molar-refractivity contribution < 1.29 is 14.8 Å². The summed E-state index contributed by atoms with van der Waals surface area (Å²) in [4.78, 5) is 8.44. The molecule has 23 heavy (non-hydrogen) atoms. The molecule has 10 heteroatoms. The first-order chi connectivity index (χ1) is 11.0. The fourth-order valence-corrected chi connectivity index (χ4v) is 2.02. The zero-order chi connectivity index (χ0) is 16.4. The van der Waals surface area contributed by atoms with E-state index in [-0.39, 0.29) is 17.1 Å². The Labute approximate surface area is 138 Å². The van der Waals surface area contributed by atoms with E-state index >= 15 is 0 Å². The van der Waals surface area contributed by atoms with Gasteiger partial charge in [0.25, 0.3) is 0 Å². The van der Waals surface area contributed by atoms with Crippen LogP contribution < -0.4 is 10.6 Å². The first-order valence-corrected chi connectivity index (χ1v) is 7.48. The van der Waals surface area contributed by atoms with Crippen LogP contribution in [0.15, 0.2) is 33.4 Å². The summed E-state index contributed by atoms with van der Waals surface area (Å²) in [6, 6.07) is 7.41. The molecule has 3 aromatic rings. The second kappa shape index (κ2) is 6.44. The minimum absolute atomic E-state index is 0.187. The molecule has 0 saturated carbocycles. The van der Waals surface area contributed by atoms with Crippen LogP contribution in [0.25, 0.3) is 11.3 Å². The van der Waals surface area contributed by atoms with E-state index in [1.54, 1.807) is 0 Å². The Morgan fingerprint density at radius 2 is 1.65 bits per heavy atom. The molecule has 0 aliphatic carbocycles. The van der Waals surface area contributed by atoms with Crippen molar-refractivity contribution in [2.45, 2.75) is 19.3 Å². The summed E-state index contributed by atoms with van der Waals surface area (Å²) >= 11 is 3.36. The molecule has 0 aliphatic heterocycles. The Kier molecular flexibility index (Phi) is 4.37. The highest BCUT2D eigenvalue weighted by Gasteiger charge is 2.17. The van der Waals surface area contributed by atoms with Crippen molar-refractivity contribution in [3.63, 3.8) is 0 Å². The van der Waals surface area contributed by atoms with Crippen LogP contribution in [0.2, 0.25) is 0 Å². The number of aliphatic hydroxyl groups excluding tert-OH is 2. The summed E-state index contributed by atoms with van der Waals surface area (Å²) in [5, 5.41) is 32.2. The molecule has 2 atom stereocenters. The summed E-state index contributed by atoms with van der Waals surface area (Å²) in [7, 11) is 0. The van der Waals surface area contributed by atoms with E-state index in [1.165, 1.54) is 6.92 Å². The molecule has 0 bridgehead atoms. The van der Waals surface area contributed by atoms with E-state index in [4.69, 9.17) is 0 Å². The van der Waals surface area contributed by atoms with Crippen molar-refractivity contribution in [1.29, 1.82) is 0 Å². The van der Waals surface area contributed by atoms with Gasteiger partial charge < -0.3 is 20.8 Å². The van der Waals surface area contributed by atoms with E-state index in [1.807, 2.05) is 24.3 Å². The van der Waals surface area contributed by atoms with Gasteiger partial charge in [-0.15, -0.1) is 0 Å². The maximum absolute atomic E-state index is 9.81. The molecule has 2 unspecified atom stereocenters. The molecule has 0 aliphatic rings. The van der Waals surface area contributed by atoms with Crippen molar-refractivity contribution in [3.8, 4) is 0 Å². The monoisotopic (exact) mass is 380 g/mol. The Morgan fingerprint density at radius 3 is 2.26 bits per heavy atom. The van der Waals surface area contributed by atoms with Gasteiger partial charge >= 0.3 is 0 Å². The highest BCUT2D eigenvalue weighted by molar-refractivity contribution is 9.10. The number of hydrogen-bond acceptors (Lipinski definition) is 9. The topological polar surface area (TPSA) is 129 Å². The normalized spacial score (nSPS) is 13.7. The Hall–Kier alpha value is -2.30. The molecule has 120 valence electrons. The number of fused-ring (bicyclic) bond motifs is 1. The fourth-order valence-electron chi connectivity index (χ4n) is 1.76. The number of anilines is 3. The van der Waals surface area contributed by atoms with E-state index in [9.17, 15) is 10.2 Å². The Morgan fingerprint density at radius 1 is 1.04 bits per heavy atom. The van der Waals surface area contributed by atoms with Crippen LogP contribution in [0.4, 0.5) is 17.3 Å². The molecule has 3 rings (SSSR count). The van der Waals surface area contributed by atoms with Crippen LogP contribution in [0.1, 0.15) is 6.92 Å². The molecular weight excluding hydrogens is 368 g/mol. The van der Waals surface area contributed by atoms with E-state index in [0.29, 0.717) is 5.82 Å². The Balaban J connectivity index is 1.96. The van der Waals surface area contributed by atoms with Gasteiger partial charge in [-0.25, -0.2) is 14.6 Å². The first kappa shape index (κ1) is 15.6. The number of aliphatic hydroxyl groups is 2. The lowest BCUT2D eigenvalue weighted by atomic mass is 10.3. The average Bonchev–Trinajstić information content (AvgIpc) is 2.96.